The van der Waals surface area contributed by atoms with E-state index in [1.54, 1.807) is 26.2 Å². The van der Waals surface area contributed by atoms with Crippen LogP contribution in [0.15, 0.2) is 28.7 Å². The molecule has 1 aromatic heterocycles. The third kappa shape index (κ3) is 3.25. The van der Waals surface area contributed by atoms with Crippen molar-refractivity contribution < 1.29 is 19.1 Å². The van der Waals surface area contributed by atoms with Crippen molar-refractivity contribution in [3.05, 3.63) is 30.0 Å². The number of aliphatic hydroxyl groups is 1. The van der Waals surface area contributed by atoms with Gasteiger partial charge in [-0.1, -0.05) is 32.4 Å². The fraction of sp³-hybridized carbons (Fsp3) is 0.471. The Morgan fingerprint density at radius 1 is 1.50 bits per heavy atom. The quantitative estimate of drug-likeness (QED) is 0.860. The van der Waals surface area contributed by atoms with Crippen molar-refractivity contribution in [3.8, 4) is 5.75 Å². The molecule has 120 valence electrons. The molecule has 1 heterocycles. The van der Waals surface area contributed by atoms with Gasteiger partial charge in [0, 0.05) is 11.9 Å². The van der Waals surface area contributed by atoms with E-state index in [9.17, 15) is 9.90 Å². The Labute approximate surface area is 130 Å². The predicted octanol–water partition coefficient (Wildman–Crippen LogP) is 2.97. The van der Waals surface area contributed by atoms with Crippen LogP contribution in [0.3, 0.4) is 0 Å². The summed E-state index contributed by atoms with van der Waals surface area (Å²) >= 11 is 0. The molecule has 0 saturated heterocycles. The van der Waals surface area contributed by atoms with Crippen molar-refractivity contribution >= 4 is 16.9 Å². The lowest BCUT2D eigenvalue weighted by atomic mass is 9.88. The molecule has 22 heavy (non-hydrogen) atoms. The van der Waals surface area contributed by atoms with Gasteiger partial charge in [-0.2, -0.15) is 0 Å². The third-order valence-electron chi connectivity index (χ3n) is 4.23. The minimum atomic E-state index is -0.950. The van der Waals surface area contributed by atoms with E-state index in [4.69, 9.17) is 9.15 Å². The lowest BCUT2D eigenvalue weighted by molar-refractivity contribution is 0.00570. The summed E-state index contributed by atoms with van der Waals surface area (Å²) in [7, 11) is 1.56. The summed E-state index contributed by atoms with van der Waals surface area (Å²) in [5.41, 5.74) is -0.405. The molecule has 0 aliphatic rings. The molecule has 0 aliphatic carbocycles. The fourth-order valence-corrected chi connectivity index (χ4v) is 2.27. The van der Waals surface area contributed by atoms with Crippen molar-refractivity contribution in [2.45, 2.75) is 32.8 Å². The van der Waals surface area contributed by atoms with E-state index in [2.05, 4.69) is 5.32 Å². The van der Waals surface area contributed by atoms with Crippen LogP contribution >= 0.6 is 0 Å². The van der Waals surface area contributed by atoms with Crippen LogP contribution in [-0.4, -0.2) is 30.3 Å². The molecule has 1 aromatic carbocycles. The first-order valence-electron chi connectivity index (χ1n) is 7.46. The molecule has 0 saturated carbocycles. The van der Waals surface area contributed by atoms with Crippen molar-refractivity contribution in [2.24, 2.45) is 5.92 Å². The number of benzene rings is 1. The number of fused-ring (bicyclic) bond motifs is 1. The van der Waals surface area contributed by atoms with Gasteiger partial charge in [0.2, 0.25) is 0 Å². The monoisotopic (exact) mass is 305 g/mol. The van der Waals surface area contributed by atoms with E-state index in [0.29, 0.717) is 11.3 Å². The van der Waals surface area contributed by atoms with Crippen molar-refractivity contribution in [2.75, 3.05) is 13.7 Å². The maximum atomic E-state index is 12.2. The second-order valence-corrected chi connectivity index (χ2v) is 5.84. The summed E-state index contributed by atoms with van der Waals surface area (Å²) in [4.78, 5) is 12.2. The zero-order chi connectivity index (χ0) is 16.3. The Bertz CT molecular complexity index is 660. The average molecular weight is 305 g/mol. The molecule has 0 fully saturated rings. The smallest absolute Gasteiger partial charge is 0.287 e. The van der Waals surface area contributed by atoms with Crippen LogP contribution < -0.4 is 10.1 Å². The molecule has 0 spiro atoms. The van der Waals surface area contributed by atoms with Gasteiger partial charge in [-0.15, -0.1) is 0 Å². The number of ether oxygens (including phenoxy) is 1. The normalized spacial score (nSPS) is 15.3. The third-order valence-corrected chi connectivity index (χ3v) is 4.23. The van der Waals surface area contributed by atoms with Crippen LogP contribution in [0.5, 0.6) is 5.75 Å². The molecule has 2 rings (SSSR count). The Balaban J connectivity index is 2.14. The summed E-state index contributed by atoms with van der Waals surface area (Å²) in [5.74, 6) is 0.535. The molecule has 5 heteroatoms. The van der Waals surface area contributed by atoms with Gasteiger partial charge in [0.15, 0.2) is 17.1 Å². The van der Waals surface area contributed by atoms with Crippen molar-refractivity contribution in [1.82, 2.24) is 5.32 Å². The number of carbonyl (C=O) groups is 1. The number of para-hydroxylation sites is 1. The second kappa shape index (κ2) is 6.40. The van der Waals surface area contributed by atoms with Crippen LogP contribution in [0.1, 0.15) is 37.7 Å². The Kier molecular flexibility index (Phi) is 4.76. The first-order chi connectivity index (χ1) is 10.4. The maximum absolute atomic E-state index is 12.2. The molecular formula is C17H23NO4. The first-order valence-corrected chi connectivity index (χ1v) is 7.46. The molecule has 5 nitrogen and oxygen atoms in total. The average Bonchev–Trinajstić information content (AvgIpc) is 2.95. The molecule has 1 amide bonds. The molecule has 0 bridgehead atoms. The van der Waals surface area contributed by atoms with Crippen LogP contribution in [0.4, 0.5) is 0 Å². The van der Waals surface area contributed by atoms with Crippen LogP contribution in [0.25, 0.3) is 11.0 Å². The number of methoxy groups -OCH3 is 1. The van der Waals surface area contributed by atoms with E-state index in [1.807, 2.05) is 26.0 Å². The maximum Gasteiger partial charge on any atom is 0.287 e. The number of rotatable bonds is 6. The van der Waals surface area contributed by atoms with E-state index < -0.39 is 5.60 Å². The molecule has 2 aromatic rings. The minimum Gasteiger partial charge on any atom is -0.493 e. The SMILES string of the molecule is CCC(C)C(C)(O)CNC(=O)c1cc2cccc(OC)c2o1. The number of nitrogens with one attached hydrogen (secondary N) is 1. The van der Waals surface area contributed by atoms with Gasteiger partial charge in [0.1, 0.15) is 0 Å². The van der Waals surface area contributed by atoms with Crippen molar-refractivity contribution in [3.63, 3.8) is 0 Å². The summed E-state index contributed by atoms with van der Waals surface area (Å²) in [6.07, 6.45) is 0.838. The van der Waals surface area contributed by atoms with Gasteiger partial charge in [-0.25, -0.2) is 0 Å². The Morgan fingerprint density at radius 3 is 2.86 bits per heavy atom. The highest BCUT2D eigenvalue weighted by Gasteiger charge is 2.28. The summed E-state index contributed by atoms with van der Waals surface area (Å²) in [5, 5.41) is 13.9. The topological polar surface area (TPSA) is 71.7 Å². The predicted molar refractivity (Wildman–Crippen MR) is 85.2 cm³/mol. The van der Waals surface area contributed by atoms with Crippen molar-refractivity contribution in [1.29, 1.82) is 0 Å². The van der Waals surface area contributed by atoms with Crippen LogP contribution in [0, 0.1) is 5.92 Å². The van der Waals surface area contributed by atoms with E-state index in [1.165, 1.54) is 0 Å². The zero-order valence-corrected chi connectivity index (χ0v) is 13.5. The summed E-state index contributed by atoms with van der Waals surface area (Å²) in [6.45, 7) is 5.86. The number of hydrogen-bond acceptors (Lipinski definition) is 4. The van der Waals surface area contributed by atoms with E-state index in [-0.39, 0.29) is 24.1 Å². The minimum absolute atomic E-state index is 0.0866. The molecular weight excluding hydrogens is 282 g/mol. The second-order valence-electron chi connectivity index (χ2n) is 5.84. The van der Waals surface area contributed by atoms with Gasteiger partial charge in [0.05, 0.1) is 12.7 Å². The number of hydrogen-bond donors (Lipinski definition) is 2. The van der Waals surface area contributed by atoms with E-state index >= 15 is 0 Å². The van der Waals surface area contributed by atoms with Crippen LogP contribution in [-0.2, 0) is 0 Å². The number of amides is 1. The lowest BCUT2D eigenvalue weighted by Crippen LogP contribution is -2.45. The molecule has 2 atom stereocenters. The Morgan fingerprint density at radius 2 is 2.23 bits per heavy atom. The summed E-state index contributed by atoms with van der Waals surface area (Å²) in [6, 6.07) is 7.14. The van der Waals surface area contributed by atoms with Gasteiger partial charge in [0.25, 0.3) is 5.91 Å². The standard InChI is InChI=1S/C17H23NO4/c1-5-11(2)17(3,20)10-18-16(19)14-9-12-7-6-8-13(21-4)15(12)22-14/h6-9,11,20H,5,10H2,1-4H3,(H,18,19). The molecule has 0 aliphatic heterocycles. The highest BCUT2D eigenvalue weighted by Crippen LogP contribution is 2.28. The largest absolute Gasteiger partial charge is 0.493 e. The molecule has 2 unspecified atom stereocenters. The Hall–Kier alpha value is -2.01. The highest BCUT2D eigenvalue weighted by atomic mass is 16.5. The molecule has 2 N–H and O–H groups in total. The molecule has 0 radical (unpaired) electrons. The zero-order valence-electron chi connectivity index (χ0n) is 13.5. The lowest BCUT2D eigenvalue weighted by Gasteiger charge is -2.29. The fourth-order valence-electron chi connectivity index (χ4n) is 2.27. The van der Waals surface area contributed by atoms with Gasteiger partial charge in [-0.05, 0) is 25.0 Å². The van der Waals surface area contributed by atoms with Gasteiger partial charge in [-0.3, -0.25) is 4.79 Å². The van der Waals surface area contributed by atoms with Gasteiger partial charge < -0.3 is 19.6 Å². The highest BCUT2D eigenvalue weighted by molar-refractivity contribution is 5.97. The van der Waals surface area contributed by atoms with Crippen LogP contribution in [0.2, 0.25) is 0 Å². The number of carbonyl (C=O) groups excluding carboxylic acids is 1. The van der Waals surface area contributed by atoms with E-state index in [0.717, 1.165) is 11.8 Å². The number of furan rings is 1. The van der Waals surface area contributed by atoms with Gasteiger partial charge >= 0.3 is 0 Å². The first kappa shape index (κ1) is 16.4. The summed E-state index contributed by atoms with van der Waals surface area (Å²) < 4.78 is 10.8.